The average molecular weight is 735 g/mol. The molecular formula is C43H50N4O7. The maximum Gasteiger partial charge on any atom is 0.333 e. The van der Waals surface area contributed by atoms with Crippen LogP contribution in [0.4, 0.5) is 0 Å². The van der Waals surface area contributed by atoms with Gasteiger partial charge in [0.05, 0.1) is 6.17 Å². The third-order valence-corrected chi connectivity index (χ3v) is 12.4. The van der Waals surface area contributed by atoms with Crippen LogP contribution in [0.5, 0.6) is 11.5 Å². The van der Waals surface area contributed by atoms with Crippen LogP contribution >= 0.6 is 0 Å². The predicted octanol–water partition coefficient (Wildman–Crippen LogP) is 5.36. The molecule has 6 aliphatic rings. The van der Waals surface area contributed by atoms with Crippen LogP contribution < -0.4 is 32.3 Å². The predicted molar refractivity (Wildman–Crippen MR) is 206 cm³/mol. The number of aromatic hydroxyl groups is 1. The highest BCUT2D eigenvalue weighted by Crippen LogP contribution is 2.59. The Hall–Kier alpha value is -5.00. The first-order valence-corrected chi connectivity index (χ1v) is 19.2. The quantitative estimate of drug-likeness (QED) is 0.122. The molecule has 2 aromatic rings. The molecule has 1 aromatic carbocycles. The summed E-state index contributed by atoms with van der Waals surface area (Å²) in [6.45, 7) is 7.75. The lowest BCUT2D eigenvalue weighted by Gasteiger charge is -2.51. The number of rotatable bonds is 7. The minimum Gasteiger partial charge on any atom is -0.507 e. The van der Waals surface area contributed by atoms with Gasteiger partial charge in [-0.2, -0.15) is 0 Å². The van der Waals surface area contributed by atoms with Gasteiger partial charge >= 0.3 is 5.97 Å². The zero-order valence-electron chi connectivity index (χ0n) is 31.4. The van der Waals surface area contributed by atoms with Gasteiger partial charge in [0.2, 0.25) is 0 Å². The SMILES string of the molecule is CC=C(C)C(=O)OC1Cc2c3c(c4oc(CO)cc(=O)c4c2O)CC2=CCNC(N)=C2C2=CCC4=C2C(C(CCCCC)C2=CNC(N)C=C2C4)C1(C)O3. The number of phenolic OH excluding ortho intramolecular Hbond substituents is 1. The van der Waals surface area contributed by atoms with Gasteiger partial charge in [-0.25, -0.2) is 4.79 Å². The van der Waals surface area contributed by atoms with Crippen molar-refractivity contribution >= 4 is 16.9 Å². The summed E-state index contributed by atoms with van der Waals surface area (Å²) in [4.78, 5) is 27.5. The molecule has 0 radical (unpaired) electrons. The molecule has 1 aromatic heterocycles. The Balaban J connectivity index is 1.48. The summed E-state index contributed by atoms with van der Waals surface area (Å²) < 4.78 is 20.3. The number of aliphatic hydroxyl groups is 1. The summed E-state index contributed by atoms with van der Waals surface area (Å²) in [5.74, 6) is -0.186. The molecular weight excluding hydrogens is 684 g/mol. The molecule has 4 aliphatic heterocycles. The van der Waals surface area contributed by atoms with Gasteiger partial charge in [-0.05, 0) is 79.9 Å². The fraction of sp³-hybridized carbons (Fsp3) is 0.442. The van der Waals surface area contributed by atoms with E-state index in [2.05, 4.69) is 42.0 Å². The molecule has 284 valence electrons. The molecule has 0 amide bonds. The molecule has 0 saturated heterocycles. The van der Waals surface area contributed by atoms with Gasteiger partial charge in [-0.15, -0.1) is 0 Å². The van der Waals surface area contributed by atoms with Crippen molar-refractivity contribution in [3.05, 3.63) is 114 Å². The molecule has 2 aliphatic carbocycles. The zero-order valence-corrected chi connectivity index (χ0v) is 31.4. The van der Waals surface area contributed by atoms with Crippen LogP contribution in [0.15, 0.2) is 96.2 Å². The number of aliphatic hydroxyl groups excluding tert-OH is 1. The van der Waals surface area contributed by atoms with Crippen LogP contribution in [0.2, 0.25) is 0 Å². The Labute approximate surface area is 314 Å². The van der Waals surface area contributed by atoms with Gasteiger partial charge in [0.25, 0.3) is 0 Å². The molecule has 5 unspecified atom stereocenters. The zero-order chi connectivity index (χ0) is 38.1. The topological polar surface area (TPSA) is 182 Å². The lowest BCUT2D eigenvalue weighted by Crippen LogP contribution is -2.59. The van der Waals surface area contributed by atoms with E-state index in [1.807, 2.05) is 6.92 Å². The summed E-state index contributed by atoms with van der Waals surface area (Å²) in [6, 6.07) is 1.20. The summed E-state index contributed by atoms with van der Waals surface area (Å²) in [7, 11) is 0. The number of dihydropyridines is 2. The number of phenols is 1. The van der Waals surface area contributed by atoms with Crippen molar-refractivity contribution in [3.8, 4) is 11.5 Å². The number of ether oxygens (including phenoxy) is 2. The maximum atomic E-state index is 13.8. The molecule has 0 spiro atoms. The van der Waals surface area contributed by atoms with Crippen LogP contribution in [-0.4, -0.2) is 40.6 Å². The summed E-state index contributed by atoms with van der Waals surface area (Å²) in [6.07, 6.45) is 14.8. The van der Waals surface area contributed by atoms with Crippen molar-refractivity contribution < 1.29 is 28.9 Å². The molecule has 11 heteroatoms. The van der Waals surface area contributed by atoms with Gasteiger partial charge in [0.15, 0.2) is 11.0 Å². The lowest BCUT2D eigenvalue weighted by atomic mass is 9.63. The fourth-order valence-electron chi connectivity index (χ4n) is 9.63. The van der Waals surface area contributed by atoms with Crippen molar-refractivity contribution in [2.45, 2.75) is 104 Å². The first kappa shape index (κ1) is 36.0. The lowest BCUT2D eigenvalue weighted by molar-refractivity contribution is -0.164. The molecule has 5 heterocycles. The van der Waals surface area contributed by atoms with E-state index in [1.54, 1.807) is 19.9 Å². The van der Waals surface area contributed by atoms with Crippen molar-refractivity contribution in [1.29, 1.82) is 0 Å². The second-order valence-electron chi connectivity index (χ2n) is 15.6. The Morgan fingerprint density at radius 3 is 2.76 bits per heavy atom. The van der Waals surface area contributed by atoms with Crippen molar-refractivity contribution in [2.24, 2.45) is 23.3 Å². The molecule has 0 saturated carbocycles. The van der Waals surface area contributed by atoms with Crippen molar-refractivity contribution in [2.75, 3.05) is 6.54 Å². The first-order chi connectivity index (χ1) is 26.0. The number of fused-ring (bicyclic) bond motifs is 7. The third-order valence-electron chi connectivity index (χ3n) is 12.4. The second kappa shape index (κ2) is 13.7. The molecule has 5 atom stereocenters. The van der Waals surface area contributed by atoms with Crippen molar-refractivity contribution in [1.82, 2.24) is 10.6 Å². The van der Waals surface area contributed by atoms with E-state index in [1.165, 1.54) is 17.2 Å². The van der Waals surface area contributed by atoms with E-state index < -0.39 is 29.7 Å². The number of unbranched alkanes of at least 4 members (excludes halogenated alkanes) is 2. The third kappa shape index (κ3) is 5.62. The van der Waals surface area contributed by atoms with Gasteiger partial charge in [0, 0.05) is 59.8 Å². The Morgan fingerprint density at radius 1 is 1.19 bits per heavy atom. The van der Waals surface area contributed by atoms with E-state index in [9.17, 15) is 19.8 Å². The highest BCUT2D eigenvalue weighted by molar-refractivity contribution is 5.92. The highest BCUT2D eigenvalue weighted by atomic mass is 16.6. The number of nitrogens with two attached hydrogens (primary N) is 2. The number of carbonyl (C=O) groups excluding carboxylic acids is 1. The van der Waals surface area contributed by atoms with E-state index in [0.29, 0.717) is 47.7 Å². The number of carbonyl (C=O) groups is 1. The maximum absolute atomic E-state index is 13.8. The standard InChI is InChI=1S/C43H50N4O7/c1-5-7-8-9-26-30-19-47-33(44)16-24(30)14-22-10-11-27-34(22)37(26)43(4)32(53-42(51)21(3)6-2)18-28-38(50)36-31(49)17-25(20-48)52-40(36)29(39(28)54-43)15-23-12-13-46-41(45)35(23)27/h6,11-12,16-17,19,26,32-33,37,46-48,50H,5,7-10,13-15,18,20,44-45H2,1-4H3. The Morgan fingerprint density at radius 2 is 2.00 bits per heavy atom. The number of benzene rings is 1. The van der Waals surface area contributed by atoms with Gasteiger partial charge in [-0.1, -0.05) is 50.0 Å². The molecule has 54 heavy (non-hydrogen) atoms. The average Bonchev–Trinajstić information content (AvgIpc) is 3.48. The van der Waals surface area contributed by atoms with Crippen LogP contribution in [-0.2, 0) is 29.0 Å². The number of allylic oxidation sites excluding steroid dienone is 8. The number of hydrogen-bond acceptors (Lipinski definition) is 11. The molecule has 8 rings (SSSR count). The molecule has 8 N–H and O–H groups in total. The Bertz CT molecular complexity index is 2250. The monoisotopic (exact) mass is 734 g/mol. The summed E-state index contributed by atoms with van der Waals surface area (Å²) in [5.41, 5.74) is 20.9. The van der Waals surface area contributed by atoms with Crippen LogP contribution in [0.3, 0.4) is 0 Å². The van der Waals surface area contributed by atoms with E-state index >= 15 is 0 Å². The van der Waals surface area contributed by atoms with Crippen LogP contribution in [0.1, 0.15) is 83.1 Å². The van der Waals surface area contributed by atoms with Gasteiger partial charge in [0.1, 0.15) is 46.8 Å². The molecule has 2 bridgehead atoms. The van der Waals surface area contributed by atoms with Gasteiger partial charge in [-0.3, -0.25) is 4.79 Å². The van der Waals surface area contributed by atoms with Gasteiger partial charge < -0.3 is 46.2 Å². The largest absolute Gasteiger partial charge is 0.507 e. The first-order valence-electron chi connectivity index (χ1n) is 19.2. The number of esters is 1. The summed E-state index contributed by atoms with van der Waals surface area (Å²) in [5, 5.41) is 28.9. The number of nitrogens with one attached hydrogen (secondary N) is 2. The summed E-state index contributed by atoms with van der Waals surface area (Å²) >= 11 is 0. The molecule has 11 nitrogen and oxygen atoms in total. The smallest absolute Gasteiger partial charge is 0.333 e. The van der Waals surface area contributed by atoms with Crippen LogP contribution in [0, 0.1) is 11.8 Å². The Kier molecular flexibility index (Phi) is 9.13. The van der Waals surface area contributed by atoms with Crippen LogP contribution in [0.25, 0.3) is 11.0 Å². The normalized spacial score (nSPS) is 27.2. The van der Waals surface area contributed by atoms with E-state index in [-0.39, 0.29) is 53.3 Å². The fourth-order valence-corrected chi connectivity index (χ4v) is 9.63. The number of hydrogen-bond donors (Lipinski definition) is 6. The second-order valence-corrected chi connectivity index (χ2v) is 15.6. The minimum atomic E-state index is -1.20. The highest BCUT2D eigenvalue weighted by Gasteiger charge is 2.58. The van der Waals surface area contributed by atoms with E-state index in [0.717, 1.165) is 53.5 Å². The molecule has 0 fully saturated rings. The minimum absolute atomic E-state index is 0.00706. The van der Waals surface area contributed by atoms with E-state index in [4.69, 9.17) is 25.4 Å². The van der Waals surface area contributed by atoms with Crippen molar-refractivity contribution in [3.63, 3.8) is 0 Å².